The number of rotatable bonds is 2. The summed E-state index contributed by atoms with van der Waals surface area (Å²) in [5.41, 5.74) is 5.59. The van der Waals surface area contributed by atoms with Gasteiger partial charge in [0.05, 0.1) is 0 Å². The number of hydrogen-bond acceptors (Lipinski definition) is 2. The molecule has 76 valence electrons. The molecule has 2 rings (SSSR count). The maximum Gasteiger partial charge on any atom is 0.0105 e. The molecule has 0 aromatic rings. The molecular weight excluding hydrogens is 160 g/mol. The number of piperidine rings is 1. The Morgan fingerprint density at radius 1 is 1.08 bits per heavy atom. The number of nitrogens with two attached hydrogens (primary N) is 1. The molecule has 0 spiro atoms. The Hall–Kier alpha value is -0.0800. The van der Waals surface area contributed by atoms with Gasteiger partial charge in [0.15, 0.2) is 0 Å². The van der Waals surface area contributed by atoms with Gasteiger partial charge in [-0.2, -0.15) is 0 Å². The molecule has 2 aliphatic rings. The van der Waals surface area contributed by atoms with Crippen LogP contribution in [-0.4, -0.2) is 31.1 Å². The first-order valence-electron chi connectivity index (χ1n) is 5.82. The van der Waals surface area contributed by atoms with Crippen LogP contribution in [-0.2, 0) is 0 Å². The molecular formula is C11H22N2. The second-order valence-corrected chi connectivity index (χ2v) is 4.68. The van der Waals surface area contributed by atoms with E-state index >= 15 is 0 Å². The standard InChI is InChI=1S/C11H22N2/c12-6-8-13-7-5-10-3-1-2-4-11(10)9-13/h10-11H,1-9,12H2/t10-,11+/m0/s1. The smallest absolute Gasteiger partial charge is 0.0105 e. The predicted molar refractivity (Wildman–Crippen MR) is 55.6 cm³/mol. The number of likely N-dealkylation sites (tertiary alicyclic amines) is 1. The second kappa shape index (κ2) is 4.43. The van der Waals surface area contributed by atoms with Gasteiger partial charge in [0.25, 0.3) is 0 Å². The fourth-order valence-corrected chi connectivity index (χ4v) is 3.06. The average molecular weight is 182 g/mol. The van der Waals surface area contributed by atoms with E-state index < -0.39 is 0 Å². The Labute approximate surface area is 81.5 Å². The van der Waals surface area contributed by atoms with Crippen LogP contribution in [0.25, 0.3) is 0 Å². The van der Waals surface area contributed by atoms with Crippen molar-refractivity contribution in [2.45, 2.75) is 32.1 Å². The lowest BCUT2D eigenvalue weighted by atomic mass is 9.75. The molecule has 1 aliphatic heterocycles. The molecule has 2 fully saturated rings. The van der Waals surface area contributed by atoms with Crippen LogP contribution in [0, 0.1) is 11.8 Å². The summed E-state index contributed by atoms with van der Waals surface area (Å²) in [5.74, 6) is 2.07. The summed E-state index contributed by atoms with van der Waals surface area (Å²) in [6.07, 6.45) is 7.37. The highest BCUT2D eigenvalue weighted by Crippen LogP contribution is 2.35. The lowest BCUT2D eigenvalue weighted by Gasteiger charge is -2.41. The number of nitrogens with zero attached hydrogens (tertiary/aromatic N) is 1. The van der Waals surface area contributed by atoms with E-state index in [9.17, 15) is 0 Å². The van der Waals surface area contributed by atoms with E-state index in [1.165, 1.54) is 45.2 Å². The van der Waals surface area contributed by atoms with Gasteiger partial charge in [0.1, 0.15) is 0 Å². The van der Waals surface area contributed by atoms with Crippen LogP contribution in [0.1, 0.15) is 32.1 Å². The fourth-order valence-electron chi connectivity index (χ4n) is 3.06. The van der Waals surface area contributed by atoms with Crippen LogP contribution in [0.3, 0.4) is 0 Å². The minimum atomic E-state index is 0.831. The summed E-state index contributed by atoms with van der Waals surface area (Å²) in [6.45, 7) is 4.58. The molecule has 0 aromatic heterocycles. The maximum absolute atomic E-state index is 5.59. The largest absolute Gasteiger partial charge is 0.329 e. The van der Waals surface area contributed by atoms with Crippen molar-refractivity contribution in [3.05, 3.63) is 0 Å². The molecule has 0 amide bonds. The molecule has 1 saturated heterocycles. The van der Waals surface area contributed by atoms with E-state index in [0.29, 0.717) is 0 Å². The van der Waals surface area contributed by atoms with Gasteiger partial charge in [0.2, 0.25) is 0 Å². The van der Waals surface area contributed by atoms with Crippen molar-refractivity contribution in [1.29, 1.82) is 0 Å². The number of hydrogen-bond donors (Lipinski definition) is 1. The lowest BCUT2D eigenvalue weighted by Crippen LogP contribution is -2.43. The van der Waals surface area contributed by atoms with E-state index in [1.54, 1.807) is 0 Å². The third-order valence-electron chi connectivity index (χ3n) is 3.82. The summed E-state index contributed by atoms with van der Waals surface area (Å²) in [7, 11) is 0. The van der Waals surface area contributed by atoms with Crippen LogP contribution < -0.4 is 5.73 Å². The van der Waals surface area contributed by atoms with E-state index in [-0.39, 0.29) is 0 Å². The van der Waals surface area contributed by atoms with Crippen LogP contribution in [0.15, 0.2) is 0 Å². The molecule has 0 unspecified atom stereocenters. The van der Waals surface area contributed by atoms with Crippen molar-refractivity contribution < 1.29 is 0 Å². The third-order valence-corrected chi connectivity index (χ3v) is 3.82. The maximum atomic E-state index is 5.59. The summed E-state index contributed by atoms with van der Waals surface area (Å²) >= 11 is 0. The summed E-state index contributed by atoms with van der Waals surface area (Å²) in [4.78, 5) is 2.56. The van der Waals surface area contributed by atoms with Gasteiger partial charge in [-0.15, -0.1) is 0 Å². The van der Waals surface area contributed by atoms with Crippen molar-refractivity contribution in [2.24, 2.45) is 17.6 Å². The molecule has 2 N–H and O–H groups in total. The normalized spacial score (nSPS) is 35.8. The van der Waals surface area contributed by atoms with Crippen LogP contribution in [0.4, 0.5) is 0 Å². The molecule has 0 radical (unpaired) electrons. The van der Waals surface area contributed by atoms with Crippen molar-refractivity contribution >= 4 is 0 Å². The first-order chi connectivity index (χ1) is 6.40. The van der Waals surface area contributed by atoms with Crippen LogP contribution in [0.5, 0.6) is 0 Å². The highest BCUT2D eigenvalue weighted by Gasteiger charge is 2.30. The third kappa shape index (κ3) is 2.23. The minimum absolute atomic E-state index is 0.831. The van der Waals surface area contributed by atoms with E-state index in [4.69, 9.17) is 5.73 Å². The zero-order valence-corrected chi connectivity index (χ0v) is 8.54. The van der Waals surface area contributed by atoms with E-state index in [2.05, 4.69) is 4.90 Å². The molecule has 0 aromatic carbocycles. The van der Waals surface area contributed by atoms with Gasteiger partial charge in [-0.3, -0.25) is 0 Å². The van der Waals surface area contributed by atoms with E-state index in [1.807, 2.05) is 0 Å². The minimum Gasteiger partial charge on any atom is -0.329 e. The summed E-state index contributed by atoms with van der Waals surface area (Å²) < 4.78 is 0. The van der Waals surface area contributed by atoms with Gasteiger partial charge in [0, 0.05) is 19.6 Å². The molecule has 1 saturated carbocycles. The first-order valence-corrected chi connectivity index (χ1v) is 5.82. The number of fused-ring (bicyclic) bond motifs is 1. The Morgan fingerprint density at radius 3 is 2.62 bits per heavy atom. The van der Waals surface area contributed by atoms with Gasteiger partial charge < -0.3 is 10.6 Å². The average Bonchev–Trinajstić information content (AvgIpc) is 2.18. The summed E-state index contributed by atoms with van der Waals surface area (Å²) in [5, 5.41) is 0. The second-order valence-electron chi connectivity index (χ2n) is 4.68. The lowest BCUT2D eigenvalue weighted by molar-refractivity contribution is 0.0891. The molecule has 2 heteroatoms. The molecule has 13 heavy (non-hydrogen) atoms. The van der Waals surface area contributed by atoms with Crippen LogP contribution >= 0.6 is 0 Å². The Morgan fingerprint density at radius 2 is 1.85 bits per heavy atom. The van der Waals surface area contributed by atoms with Crippen LogP contribution in [0.2, 0.25) is 0 Å². The van der Waals surface area contributed by atoms with Crippen molar-refractivity contribution in [3.63, 3.8) is 0 Å². The molecule has 2 nitrogen and oxygen atoms in total. The Balaban J connectivity index is 1.84. The predicted octanol–water partition coefficient (Wildman–Crippen LogP) is 1.46. The monoisotopic (exact) mass is 182 g/mol. The fraction of sp³-hybridized carbons (Fsp3) is 1.00. The highest BCUT2D eigenvalue weighted by atomic mass is 15.1. The zero-order valence-electron chi connectivity index (χ0n) is 8.54. The highest BCUT2D eigenvalue weighted by molar-refractivity contribution is 4.83. The van der Waals surface area contributed by atoms with Crippen molar-refractivity contribution in [1.82, 2.24) is 4.90 Å². The zero-order chi connectivity index (χ0) is 9.10. The topological polar surface area (TPSA) is 29.3 Å². The first kappa shape index (κ1) is 9.47. The van der Waals surface area contributed by atoms with Gasteiger partial charge >= 0.3 is 0 Å². The quantitative estimate of drug-likeness (QED) is 0.700. The van der Waals surface area contributed by atoms with Crippen molar-refractivity contribution in [3.8, 4) is 0 Å². The molecule has 2 atom stereocenters. The van der Waals surface area contributed by atoms with E-state index in [0.717, 1.165) is 24.9 Å². The SMILES string of the molecule is NCCN1CC[C@@H]2CCCC[C@@H]2C1. The van der Waals surface area contributed by atoms with Crippen molar-refractivity contribution in [2.75, 3.05) is 26.2 Å². The van der Waals surface area contributed by atoms with Gasteiger partial charge in [-0.05, 0) is 31.2 Å². The molecule has 1 aliphatic carbocycles. The Bertz CT molecular complexity index is 158. The summed E-state index contributed by atoms with van der Waals surface area (Å²) in [6, 6.07) is 0. The van der Waals surface area contributed by atoms with Gasteiger partial charge in [-0.25, -0.2) is 0 Å². The van der Waals surface area contributed by atoms with Gasteiger partial charge in [-0.1, -0.05) is 19.3 Å². The molecule has 1 heterocycles. The molecule has 0 bridgehead atoms. The Kier molecular flexibility index (Phi) is 3.23.